The highest BCUT2D eigenvalue weighted by atomic mass is 79.9. The van der Waals surface area contributed by atoms with Gasteiger partial charge in [0.05, 0.1) is 0 Å². The van der Waals surface area contributed by atoms with Gasteiger partial charge in [-0.05, 0) is 43.0 Å². The molecule has 1 aliphatic heterocycles. The minimum atomic E-state index is 0.599. The quantitative estimate of drug-likeness (QED) is 0.770. The second-order valence-electron chi connectivity index (χ2n) is 5.24. The maximum atomic E-state index is 3.66. The van der Waals surface area contributed by atoms with Crippen molar-refractivity contribution < 1.29 is 0 Å². The largest absolute Gasteiger partial charge is 0.364 e. The Morgan fingerprint density at radius 2 is 1.84 bits per heavy atom. The molecule has 0 bridgehead atoms. The lowest BCUT2D eigenvalue weighted by Gasteiger charge is -2.37. The molecule has 0 aliphatic carbocycles. The highest BCUT2D eigenvalue weighted by Gasteiger charge is 2.22. The van der Waals surface area contributed by atoms with Crippen molar-refractivity contribution in [3.63, 3.8) is 0 Å². The van der Waals surface area contributed by atoms with Crippen LogP contribution in [0.2, 0.25) is 0 Å². The summed E-state index contributed by atoms with van der Waals surface area (Å²) in [5.41, 5.74) is 4.23. The Labute approximate surface area is 123 Å². The molecule has 1 atom stereocenters. The third kappa shape index (κ3) is 2.55. The summed E-state index contributed by atoms with van der Waals surface area (Å²) in [6.07, 6.45) is 2.44. The number of fused-ring (bicyclic) bond motifs is 1. The fraction of sp³-hybridized carbons (Fsp3) is 0.294. The van der Waals surface area contributed by atoms with Crippen LogP contribution in [0.1, 0.15) is 24.5 Å². The first-order valence-corrected chi connectivity index (χ1v) is 7.63. The second kappa shape index (κ2) is 5.38. The topological polar surface area (TPSA) is 3.24 Å². The highest BCUT2D eigenvalue weighted by molar-refractivity contribution is 9.10. The van der Waals surface area contributed by atoms with E-state index in [-0.39, 0.29) is 0 Å². The molecule has 2 aromatic rings. The van der Waals surface area contributed by atoms with E-state index in [1.165, 1.54) is 34.1 Å². The van der Waals surface area contributed by atoms with E-state index in [0.29, 0.717) is 6.04 Å². The van der Waals surface area contributed by atoms with Crippen LogP contribution in [-0.2, 0) is 13.0 Å². The number of anilines is 1. The van der Waals surface area contributed by atoms with E-state index in [9.17, 15) is 0 Å². The van der Waals surface area contributed by atoms with Gasteiger partial charge in [0.15, 0.2) is 0 Å². The molecule has 0 spiro atoms. The molecule has 0 saturated carbocycles. The van der Waals surface area contributed by atoms with Gasteiger partial charge < -0.3 is 4.90 Å². The van der Waals surface area contributed by atoms with Gasteiger partial charge in [-0.25, -0.2) is 0 Å². The van der Waals surface area contributed by atoms with Crippen molar-refractivity contribution in [2.75, 3.05) is 4.90 Å². The van der Waals surface area contributed by atoms with Crippen molar-refractivity contribution in [1.82, 2.24) is 0 Å². The average molecular weight is 316 g/mol. The molecule has 1 nitrogen and oxygen atoms in total. The summed E-state index contributed by atoms with van der Waals surface area (Å²) in [6, 6.07) is 17.9. The predicted molar refractivity (Wildman–Crippen MR) is 84.6 cm³/mol. The first-order valence-electron chi connectivity index (χ1n) is 6.83. The van der Waals surface area contributed by atoms with Crippen molar-refractivity contribution in [1.29, 1.82) is 0 Å². The fourth-order valence-corrected chi connectivity index (χ4v) is 3.22. The summed E-state index contributed by atoms with van der Waals surface area (Å²) >= 11 is 3.66. The van der Waals surface area contributed by atoms with E-state index >= 15 is 0 Å². The molecule has 0 N–H and O–H groups in total. The standard InChI is InChI=1S/C17H18BrN/c1-13-10-11-14-6-3-5-9-17(14)19(13)12-15-7-2-4-8-16(15)18/h2-9,13H,10-12H2,1H3. The molecule has 0 saturated heterocycles. The van der Waals surface area contributed by atoms with Crippen LogP contribution >= 0.6 is 15.9 Å². The Morgan fingerprint density at radius 1 is 1.11 bits per heavy atom. The van der Waals surface area contributed by atoms with Crippen molar-refractivity contribution in [2.24, 2.45) is 0 Å². The van der Waals surface area contributed by atoms with Gasteiger partial charge in [-0.3, -0.25) is 0 Å². The van der Waals surface area contributed by atoms with Gasteiger partial charge in [0, 0.05) is 22.7 Å². The van der Waals surface area contributed by atoms with Crippen molar-refractivity contribution in [3.8, 4) is 0 Å². The summed E-state index contributed by atoms with van der Waals surface area (Å²) in [6.45, 7) is 3.30. The molecule has 3 rings (SSSR count). The maximum absolute atomic E-state index is 3.66. The van der Waals surface area contributed by atoms with Crippen molar-refractivity contribution in [2.45, 2.75) is 32.4 Å². The number of benzene rings is 2. The number of aryl methyl sites for hydroxylation is 1. The Bertz CT molecular complexity index is 579. The zero-order chi connectivity index (χ0) is 13.2. The van der Waals surface area contributed by atoms with Crippen LogP contribution < -0.4 is 4.90 Å². The number of rotatable bonds is 2. The molecule has 2 aromatic carbocycles. The summed E-state index contributed by atoms with van der Waals surface area (Å²) in [5.74, 6) is 0. The van der Waals surface area contributed by atoms with Crippen molar-refractivity contribution in [3.05, 3.63) is 64.1 Å². The third-order valence-electron chi connectivity index (χ3n) is 3.96. The van der Waals surface area contributed by atoms with Crippen LogP contribution in [0.5, 0.6) is 0 Å². The van der Waals surface area contributed by atoms with E-state index in [2.05, 4.69) is 76.3 Å². The van der Waals surface area contributed by atoms with Gasteiger partial charge >= 0.3 is 0 Å². The van der Waals surface area contributed by atoms with Gasteiger partial charge in [-0.15, -0.1) is 0 Å². The normalized spacial score (nSPS) is 18.2. The summed E-state index contributed by atoms with van der Waals surface area (Å²) < 4.78 is 1.20. The zero-order valence-corrected chi connectivity index (χ0v) is 12.7. The molecular weight excluding hydrogens is 298 g/mol. The first-order chi connectivity index (χ1) is 9.25. The number of hydrogen-bond donors (Lipinski definition) is 0. The molecule has 0 radical (unpaired) electrons. The van der Waals surface area contributed by atoms with Gasteiger partial charge in [0.25, 0.3) is 0 Å². The highest BCUT2D eigenvalue weighted by Crippen LogP contribution is 2.32. The van der Waals surface area contributed by atoms with Gasteiger partial charge in [0.1, 0.15) is 0 Å². The molecule has 0 fully saturated rings. The molecular formula is C17H18BrN. The third-order valence-corrected chi connectivity index (χ3v) is 4.74. The molecule has 0 amide bonds. The second-order valence-corrected chi connectivity index (χ2v) is 6.09. The van der Waals surface area contributed by atoms with E-state index in [4.69, 9.17) is 0 Å². The lowest BCUT2D eigenvalue weighted by molar-refractivity contribution is 0.560. The van der Waals surface area contributed by atoms with Crippen LogP contribution in [0.15, 0.2) is 53.0 Å². The van der Waals surface area contributed by atoms with Crippen molar-refractivity contribution >= 4 is 21.6 Å². The van der Waals surface area contributed by atoms with Gasteiger partial charge in [-0.2, -0.15) is 0 Å². The monoisotopic (exact) mass is 315 g/mol. The average Bonchev–Trinajstić information content (AvgIpc) is 2.44. The number of para-hydroxylation sites is 1. The van der Waals surface area contributed by atoms with Crippen LogP contribution in [0.25, 0.3) is 0 Å². The van der Waals surface area contributed by atoms with E-state index in [1.54, 1.807) is 0 Å². The molecule has 2 heteroatoms. The first kappa shape index (κ1) is 12.7. The van der Waals surface area contributed by atoms with Crippen LogP contribution in [0, 0.1) is 0 Å². The summed E-state index contributed by atoms with van der Waals surface area (Å²) in [7, 11) is 0. The molecule has 1 heterocycles. The molecule has 1 unspecified atom stereocenters. The minimum Gasteiger partial charge on any atom is -0.364 e. The smallest absolute Gasteiger partial charge is 0.0443 e. The Morgan fingerprint density at radius 3 is 2.68 bits per heavy atom. The SMILES string of the molecule is CC1CCc2ccccc2N1Cc1ccccc1Br. The maximum Gasteiger partial charge on any atom is 0.0443 e. The molecule has 0 aromatic heterocycles. The lowest BCUT2D eigenvalue weighted by atomic mass is 9.96. The van der Waals surface area contributed by atoms with E-state index < -0.39 is 0 Å². The Hall–Kier alpha value is -1.28. The van der Waals surface area contributed by atoms with E-state index in [1.807, 2.05) is 0 Å². The molecule has 98 valence electrons. The molecule has 1 aliphatic rings. The van der Waals surface area contributed by atoms with Crippen LogP contribution in [-0.4, -0.2) is 6.04 Å². The number of halogens is 1. The zero-order valence-electron chi connectivity index (χ0n) is 11.1. The molecule has 19 heavy (non-hydrogen) atoms. The van der Waals surface area contributed by atoms with Gasteiger partial charge in [0.2, 0.25) is 0 Å². The lowest BCUT2D eigenvalue weighted by Crippen LogP contribution is -2.36. The summed E-state index contributed by atoms with van der Waals surface area (Å²) in [5, 5.41) is 0. The number of nitrogens with zero attached hydrogens (tertiary/aromatic N) is 1. The Kier molecular flexibility index (Phi) is 3.61. The van der Waals surface area contributed by atoms with Gasteiger partial charge in [-0.1, -0.05) is 52.3 Å². The van der Waals surface area contributed by atoms with Crippen LogP contribution in [0.4, 0.5) is 5.69 Å². The van der Waals surface area contributed by atoms with Crippen LogP contribution in [0.3, 0.4) is 0 Å². The minimum absolute atomic E-state index is 0.599. The predicted octanol–water partition coefficient (Wildman–Crippen LogP) is 4.79. The Balaban J connectivity index is 1.94. The summed E-state index contributed by atoms with van der Waals surface area (Å²) in [4.78, 5) is 2.53. The number of hydrogen-bond acceptors (Lipinski definition) is 1. The fourth-order valence-electron chi connectivity index (χ4n) is 2.81. The van der Waals surface area contributed by atoms with E-state index in [0.717, 1.165) is 6.54 Å².